The lowest BCUT2D eigenvalue weighted by atomic mass is 10.3. The van der Waals surface area contributed by atoms with Gasteiger partial charge in [-0.2, -0.15) is 0 Å². The molecule has 0 amide bonds. The number of rotatable bonds is 8. The first-order valence-electron chi connectivity index (χ1n) is 7.11. The number of nitrogens with zero attached hydrogens (tertiary/aromatic N) is 3. The molecule has 1 rings (SSSR count). The Bertz CT molecular complexity index is 402. The first-order valence-corrected chi connectivity index (χ1v) is 7.11. The van der Waals surface area contributed by atoms with E-state index in [-0.39, 0.29) is 6.04 Å². The number of unbranched alkanes of at least 4 members (excludes halogenated alkanes) is 1. The maximum atomic E-state index is 5.09. The standard InChI is InChI=1S/C14H27N5O/c1-12(11-20-4)18-14(15-3)17-7-5-6-9-19-10-8-16-13(19)2/h8,10,12H,5-7,9,11H2,1-4H3,(H2,15,17,18). The lowest BCUT2D eigenvalue weighted by Crippen LogP contribution is -2.44. The van der Waals surface area contributed by atoms with Crippen molar-refractivity contribution in [2.45, 2.75) is 39.3 Å². The molecule has 1 aromatic heterocycles. The second kappa shape index (κ2) is 9.36. The number of hydrogen-bond donors (Lipinski definition) is 2. The Morgan fingerprint density at radius 1 is 1.50 bits per heavy atom. The summed E-state index contributed by atoms with van der Waals surface area (Å²) in [6.07, 6.45) is 6.08. The minimum Gasteiger partial charge on any atom is -0.383 e. The fraction of sp³-hybridized carbons (Fsp3) is 0.714. The zero-order valence-corrected chi connectivity index (χ0v) is 13.0. The third kappa shape index (κ3) is 6.06. The molecular weight excluding hydrogens is 254 g/mol. The van der Waals surface area contributed by atoms with Crippen molar-refractivity contribution in [3.05, 3.63) is 18.2 Å². The predicted octanol–water partition coefficient (Wildman–Crippen LogP) is 1.17. The van der Waals surface area contributed by atoms with E-state index in [0.29, 0.717) is 6.61 Å². The molecule has 20 heavy (non-hydrogen) atoms. The van der Waals surface area contributed by atoms with Crippen LogP contribution < -0.4 is 10.6 Å². The van der Waals surface area contributed by atoms with Crippen LogP contribution in [0.3, 0.4) is 0 Å². The van der Waals surface area contributed by atoms with E-state index in [1.54, 1.807) is 14.2 Å². The van der Waals surface area contributed by atoms with Gasteiger partial charge in [0.05, 0.1) is 6.61 Å². The van der Waals surface area contributed by atoms with Gasteiger partial charge in [0.2, 0.25) is 0 Å². The van der Waals surface area contributed by atoms with Crippen LogP contribution in [0.15, 0.2) is 17.4 Å². The highest BCUT2D eigenvalue weighted by atomic mass is 16.5. The average Bonchev–Trinajstić information content (AvgIpc) is 2.83. The fourth-order valence-electron chi connectivity index (χ4n) is 1.97. The molecule has 0 spiro atoms. The number of imidazole rings is 1. The minimum atomic E-state index is 0.250. The second-order valence-corrected chi connectivity index (χ2v) is 4.87. The Morgan fingerprint density at radius 3 is 2.90 bits per heavy atom. The van der Waals surface area contributed by atoms with Crippen LogP contribution in [0.25, 0.3) is 0 Å². The van der Waals surface area contributed by atoms with E-state index in [1.807, 2.05) is 19.3 Å². The van der Waals surface area contributed by atoms with E-state index < -0.39 is 0 Å². The number of nitrogens with one attached hydrogen (secondary N) is 2. The molecule has 0 fully saturated rings. The minimum absolute atomic E-state index is 0.250. The van der Waals surface area contributed by atoms with Crippen molar-refractivity contribution in [1.82, 2.24) is 20.2 Å². The summed E-state index contributed by atoms with van der Waals surface area (Å²) < 4.78 is 7.26. The molecule has 114 valence electrons. The summed E-state index contributed by atoms with van der Waals surface area (Å²) >= 11 is 0. The Morgan fingerprint density at radius 2 is 2.30 bits per heavy atom. The zero-order valence-electron chi connectivity index (χ0n) is 13.0. The number of aliphatic imine (C=N–C) groups is 1. The van der Waals surface area contributed by atoms with Crippen molar-refractivity contribution in [1.29, 1.82) is 0 Å². The molecule has 0 saturated carbocycles. The molecule has 0 aliphatic rings. The van der Waals surface area contributed by atoms with Crippen LogP contribution in [0.5, 0.6) is 0 Å². The van der Waals surface area contributed by atoms with Crippen molar-refractivity contribution in [2.24, 2.45) is 4.99 Å². The van der Waals surface area contributed by atoms with E-state index >= 15 is 0 Å². The van der Waals surface area contributed by atoms with Gasteiger partial charge in [0, 0.05) is 45.7 Å². The molecule has 6 nitrogen and oxygen atoms in total. The quantitative estimate of drug-likeness (QED) is 0.426. The van der Waals surface area contributed by atoms with Crippen molar-refractivity contribution >= 4 is 5.96 Å². The molecular formula is C14H27N5O. The molecule has 0 radical (unpaired) electrons. The molecule has 0 saturated heterocycles. The largest absolute Gasteiger partial charge is 0.383 e. The molecule has 0 bridgehead atoms. The first-order chi connectivity index (χ1) is 9.67. The summed E-state index contributed by atoms with van der Waals surface area (Å²) in [6, 6.07) is 0.250. The Hall–Kier alpha value is -1.56. The van der Waals surface area contributed by atoms with Gasteiger partial charge in [-0.15, -0.1) is 0 Å². The highest BCUT2D eigenvalue weighted by Gasteiger charge is 2.03. The monoisotopic (exact) mass is 281 g/mol. The smallest absolute Gasteiger partial charge is 0.191 e. The lowest BCUT2D eigenvalue weighted by Gasteiger charge is -2.17. The van der Waals surface area contributed by atoms with Gasteiger partial charge in [0.15, 0.2) is 5.96 Å². The van der Waals surface area contributed by atoms with Gasteiger partial charge < -0.3 is 19.9 Å². The number of methoxy groups -OCH3 is 1. The topological polar surface area (TPSA) is 63.5 Å². The maximum Gasteiger partial charge on any atom is 0.191 e. The molecule has 0 aliphatic heterocycles. The Labute approximate surface area is 121 Å². The number of aryl methyl sites for hydroxylation is 2. The highest BCUT2D eigenvalue weighted by molar-refractivity contribution is 5.79. The normalized spacial score (nSPS) is 13.3. The van der Waals surface area contributed by atoms with Crippen molar-refractivity contribution in [3.8, 4) is 0 Å². The number of aromatic nitrogens is 2. The van der Waals surface area contributed by atoms with E-state index in [1.165, 1.54) is 0 Å². The van der Waals surface area contributed by atoms with E-state index in [4.69, 9.17) is 4.74 Å². The number of hydrogen-bond acceptors (Lipinski definition) is 3. The van der Waals surface area contributed by atoms with Crippen molar-refractivity contribution < 1.29 is 4.74 Å². The molecule has 1 unspecified atom stereocenters. The van der Waals surface area contributed by atoms with Crippen LogP contribution in [-0.2, 0) is 11.3 Å². The SMILES string of the molecule is CN=C(NCCCCn1ccnc1C)NC(C)COC. The van der Waals surface area contributed by atoms with Gasteiger partial charge in [-0.05, 0) is 26.7 Å². The van der Waals surface area contributed by atoms with Crippen LogP contribution in [0.1, 0.15) is 25.6 Å². The second-order valence-electron chi connectivity index (χ2n) is 4.87. The van der Waals surface area contributed by atoms with E-state index in [2.05, 4.69) is 32.1 Å². The van der Waals surface area contributed by atoms with Gasteiger partial charge in [-0.1, -0.05) is 0 Å². The Balaban J connectivity index is 2.14. The Kier molecular flexibility index (Phi) is 7.72. The average molecular weight is 281 g/mol. The fourth-order valence-corrected chi connectivity index (χ4v) is 1.97. The van der Waals surface area contributed by atoms with Gasteiger partial charge in [0.1, 0.15) is 5.82 Å². The maximum absolute atomic E-state index is 5.09. The van der Waals surface area contributed by atoms with Crippen molar-refractivity contribution in [2.75, 3.05) is 27.3 Å². The molecule has 1 atom stereocenters. The molecule has 1 aromatic rings. The predicted molar refractivity (Wildman–Crippen MR) is 82.0 cm³/mol. The highest BCUT2D eigenvalue weighted by Crippen LogP contribution is 1.99. The molecule has 1 heterocycles. The van der Waals surface area contributed by atoms with Crippen molar-refractivity contribution in [3.63, 3.8) is 0 Å². The molecule has 0 aromatic carbocycles. The van der Waals surface area contributed by atoms with Crippen LogP contribution >= 0.6 is 0 Å². The molecule has 0 aliphatic carbocycles. The van der Waals surface area contributed by atoms with E-state index in [0.717, 1.165) is 37.7 Å². The van der Waals surface area contributed by atoms with Gasteiger partial charge in [0.25, 0.3) is 0 Å². The summed E-state index contributed by atoms with van der Waals surface area (Å²) in [7, 11) is 3.48. The number of ether oxygens (including phenoxy) is 1. The summed E-state index contributed by atoms with van der Waals surface area (Å²) in [5.74, 6) is 1.90. The summed E-state index contributed by atoms with van der Waals surface area (Å²) in [5.41, 5.74) is 0. The number of guanidine groups is 1. The van der Waals surface area contributed by atoms with Crippen LogP contribution in [0.2, 0.25) is 0 Å². The zero-order chi connectivity index (χ0) is 14.8. The van der Waals surface area contributed by atoms with Crippen LogP contribution in [0, 0.1) is 6.92 Å². The third-order valence-electron chi connectivity index (χ3n) is 3.07. The van der Waals surface area contributed by atoms with E-state index in [9.17, 15) is 0 Å². The first kappa shape index (κ1) is 16.5. The van der Waals surface area contributed by atoms with Gasteiger partial charge >= 0.3 is 0 Å². The van der Waals surface area contributed by atoms with Gasteiger partial charge in [-0.3, -0.25) is 4.99 Å². The third-order valence-corrected chi connectivity index (χ3v) is 3.07. The molecule has 2 N–H and O–H groups in total. The summed E-state index contributed by atoms with van der Waals surface area (Å²) in [4.78, 5) is 8.41. The molecule has 6 heteroatoms. The van der Waals surface area contributed by atoms with Gasteiger partial charge in [-0.25, -0.2) is 4.98 Å². The van der Waals surface area contributed by atoms with Crippen LogP contribution in [-0.4, -0.2) is 48.9 Å². The summed E-state index contributed by atoms with van der Waals surface area (Å²) in [6.45, 7) is 6.69. The summed E-state index contributed by atoms with van der Waals surface area (Å²) in [5, 5.41) is 6.59. The van der Waals surface area contributed by atoms with Crippen LogP contribution in [0.4, 0.5) is 0 Å². The lowest BCUT2D eigenvalue weighted by molar-refractivity contribution is 0.179.